The smallest absolute Gasteiger partial charge is 0.190 e. The first-order chi connectivity index (χ1) is 14.9. The Balaban J connectivity index is 2.04. The van der Waals surface area contributed by atoms with Gasteiger partial charge in [-0.15, -0.1) is 0 Å². The fourth-order valence-corrected chi connectivity index (χ4v) is 4.37. The highest BCUT2D eigenvalue weighted by molar-refractivity contribution is 7.07. The highest BCUT2D eigenvalue weighted by atomic mass is 35.5. The van der Waals surface area contributed by atoms with Crippen LogP contribution in [0.15, 0.2) is 47.5 Å². The Kier molecular flexibility index (Phi) is 8.13. The molecule has 4 nitrogen and oxygen atoms in total. The van der Waals surface area contributed by atoms with E-state index >= 15 is 0 Å². The minimum Gasteiger partial charge on any atom is -0.492 e. The van der Waals surface area contributed by atoms with Gasteiger partial charge in [0.05, 0.1) is 27.2 Å². The minimum atomic E-state index is 0.0596. The summed E-state index contributed by atoms with van der Waals surface area (Å²) < 4.78 is 8.90. The van der Waals surface area contributed by atoms with E-state index < -0.39 is 0 Å². The number of hydrogen-bond donors (Lipinski definition) is 1. The average Bonchev–Trinajstić information content (AvgIpc) is 3.06. The molecule has 0 bridgehead atoms. The highest BCUT2D eigenvalue weighted by Gasteiger charge is 2.08. The number of aryl methyl sites for hydroxylation is 1. The van der Waals surface area contributed by atoms with Crippen LogP contribution in [0.1, 0.15) is 31.4 Å². The summed E-state index contributed by atoms with van der Waals surface area (Å²) in [4.78, 5) is 5.74. The van der Waals surface area contributed by atoms with E-state index in [1.165, 1.54) is 5.56 Å². The van der Waals surface area contributed by atoms with Crippen LogP contribution in [0.4, 0.5) is 0 Å². The molecule has 1 heterocycles. The van der Waals surface area contributed by atoms with Crippen molar-refractivity contribution in [2.24, 2.45) is 10.9 Å². The lowest BCUT2D eigenvalue weighted by atomic mass is 10.2. The summed E-state index contributed by atoms with van der Waals surface area (Å²) in [5, 5.41) is 10.6. The molecule has 0 aliphatic carbocycles. The van der Waals surface area contributed by atoms with Gasteiger partial charge in [-0.3, -0.25) is 9.56 Å². The number of ether oxygens (including phenoxy) is 1. The van der Waals surface area contributed by atoms with Gasteiger partial charge >= 0.3 is 0 Å². The van der Waals surface area contributed by atoms with Crippen molar-refractivity contribution in [2.45, 2.75) is 27.2 Å². The zero-order valence-electron chi connectivity index (χ0n) is 18.3. The second-order valence-electron chi connectivity index (χ2n) is 7.63. The highest BCUT2D eigenvalue weighted by Crippen LogP contribution is 2.26. The molecule has 1 aromatic heterocycles. The van der Waals surface area contributed by atoms with E-state index in [0.717, 1.165) is 38.9 Å². The number of benzene rings is 2. The van der Waals surface area contributed by atoms with Gasteiger partial charge in [-0.25, -0.2) is 0 Å². The molecule has 6 heteroatoms. The second kappa shape index (κ2) is 10.8. The van der Waals surface area contributed by atoms with Gasteiger partial charge in [-0.2, -0.15) is 0 Å². The van der Waals surface area contributed by atoms with Crippen LogP contribution < -0.4 is 19.4 Å². The van der Waals surface area contributed by atoms with Crippen molar-refractivity contribution in [1.29, 1.82) is 0 Å². The third kappa shape index (κ3) is 5.67. The fourth-order valence-electron chi connectivity index (χ4n) is 3.07. The summed E-state index contributed by atoms with van der Waals surface area (Å²) in [6, 6.07) is 14.0. The largest absolute Gasteiger partial charge is 0.492 e. The Bertz CT molecular complexity index is 1210. The van der Waals surface area contributed by atoms with Crippen LogP contribution in [0.25, 0.3) is 18.3 Å². The molecule has 0 spiro atoms. The van der Waals surface area contributed by atoms with Gasteiger partial charge in [0.15, 0.2) is 4.80 Å². The van der Waals surface area contributed by atoms with Crippen LogP contribution in [-0.4, -0.2) is 29.4 Å². The quantitative estimate of drug-likeness (QED) is 0.555. The van der Waals surface area contributed by atoms with Gasteiger partial charge in [0, 0.05) is 19.1 Å². The zero-order valence-corrected chi connectivity index (χ0v) is 19.8. The van der Waals surface area contributed by atoms with Crippen molar-refractivity contribution in [3.05, 3.63) is 73.3 Å². The predicted molar refractivity (Wildman–Crippen MR) is 131 cm³/mol. The normalized spacial score (nSPS) is 13.6. The molecule has 0 radical (unpaired) electrons. The molecule has 0 saturated carbocycles. The average molecular weight is 457 g/mol. The molecular formula is C25H29ClN2O2S. The van der Waals surface area contributed by atoms with Gasteiger partial charge in [0.2, 0.25) is 0 Å². The molecule has 1 atom stereocenters. The van der Waals surface area contributed by atoms with E-state index in [1.807, 2.05) is 37.3 Å². The lowest BCUT2D eigenvalue weighted by Gasteiger charge is -2.11. The Morgan fingerprint density at radius 1 is 1.29 bits per heavy atom. The lowest BCUT2D eigenvalue weighted by molar-refractivity contribution is 0.174. The summed E-state index contributed by atoms with van der Waals surface area (Å²) in [7, 11) is 0. The standard InChI is InChI=1S/C25H29ClN2O2S/c1-5-12-27-25-28(22-9-7-6-8-18(22)3)19(4)24(31-25)14-20-10-11-23(21(26)13-20)30-16-17(2)15-29/h6-11,13-14,17,29H,4-5,12,15-16H2,1-3H3/b24-14-,27-25-. The second-order valence-corrected chi connectivity index (χ2v) is 9.05. The van der Waals surface area contributed by atoms with E-state index in [0.29, 0.717) is 17.4 Å². The topological polar surface area (TPSA) is 46.8 Å². The summed E-state index contributed by atoms with van der Waals surface area (Å²) in [6.07, 6.45) is 3.07. The molecule has 0 fully saturated rings. The van der Waals surface area contributed by atoms with E-state index in [2.05, 4.69) is 43.2 Å². The fraction of sp³-hybridized carbons (Fsp3) is 0.320. The maximum absolute atomic E-state index is 9.16. The Labute approximate surface area is 192 Å². The Morgan fingerprint density at radius 3 is 2.74 bits per heavy atom. The third-order valence-electron chi connectivity index (χ3n) is 4.86. The van der Waals surface area contributed by atoms with E-state index in [1.54, 1.807) is 11.3 Å². The number of aliphatic hydroxyl groups is 1. The molecule has 31 heavy (non-hydrogen) atoms. The van der Waals surface area contributed by atoms with Crippen molar-refractivity contribution in [3.63, 3.8) is 0 Å². The van der Waals surface area contributed by atoms with Crippen LogP contribution in [0.3, 0.4) is 0 Å². The first-order valence-electron chi connectivity index (χ1n) is 10.5. The number of nitrogens with zero attached hydrogens (tertiary/aromatic N) is 2. The molecule has 2 aromatic carbocycles. The SMILES string of the molecule is C=c1/c(=C/c2ccc(OCC(C)CO)c(Cl)c2)s/c(=N\CCC)n1-c1ccccc1C. The Morgan fingerprint density at radius 2 is 2.06 bits per heavy atom. The van der Waals surface area contributed by atoms with Gasteiger partial charge in [-0.1, -0.05) is 67.6 Å². The van der Waals surface area contributed by atoms with E-state index in [4.69, 9.17) is 26.4 Å². The molecule has 1 N–H and O–H groups in total. The lowest BCUT2D eigenvalue weighted by Crippen LogP contribution is -2.30. The maximum atomic E-state index is 9.16. The third-order valence-corrected chi connectivity index (χ3v) is 6.23. The summed E-state index contributed by atoms with van der Waals surface area (Å²) in [5.74, 6) is 0.679. The van der Waals surface area contributed by atoms with Crippen molar-refractivity contribution >= 4 is 35.6 Å². The number of thiazole rings is 1. The van der Waals surface area contributed by atoms with Crippen LogP contribution in [-0.2, 0) is 0 Å². The maximum Gasteiger partial charge on any atom is 0.190 e. The molecule has 3 aromatic rings. The van der Waals surface area contributed by atoms with E-state index in [-0.39, 0.29) is 12.5 Å². The van der Waals surface area contributed by atoms with Gasteiger partial charge < -0.3 is 9.84 Å². The number of aliphatic hydroxyl groups excluding tert-OH is 1. The van der Waals surface area contributed by atoms with Crippen molar-refractivity contribution in [1.82, 2.24) is 4.57 Å². The van der Waals surface area contributed by atoms with Crippen molar-refractivity contribution < 1.29 is 9.84 Å². The summed E-state index contributed by atoms with van der Waals surface area (Å²) >= 11 is 8.07. The number of hydrogen-bond acceptors (Lipinski definition) is 4. The minimum absolute atomic E-state index is 0.0596. The number of halogens is 1. The van der Waals surface area contributed by atoms with Gasteiger partial charge in [0.25, 0.3) is 0 Å². The summed E-state index contributed by atoms with van der Waals surface area (Å²) in [5.41, 5.74) is 3.24. The van der Waals surface area contributed by atoms with Gasteiger partial charge in [0.1, 0.15) is 5.75 Å². The molecule has 164 valence electrons. The first kappa shape index (κ1) is 23.3. The van der Waals surface area contributed by atoms with Crippen LogP contribution in [0.2, 0.25) is 5.02 Å². The molecule has 0 amide bonds. The van der Waals surface area contributed by atoms with Crippen LogP contribution in [0, 0.1) is 12.8 Å². The van der Waals surface area contributed by atoms with Crippen molar-refractivity contribution in [2.75, 3.05) is 19.8 Å². The number of aromatic nitrogens is 1. The first-order valence-corrected chi connectivity index (χ1v) is 11.7. The molecular weight excluding hydrogens is 428 g/mol. The van der Waals surface area contributed by atoms with E-state index in [9.17, 15) is 0 Å². The molecule has 0 aliphatic heterocycles. The number of rotatable bonds is 8. The number of para-hydroxylation sites is 1. The molecule has 0 saturated heterocycles. The summed E-state index contributed by atoms with van der Waals surface area (Å²) in [6.45, 7) is 11.8. The molecule has 3 rings (SSSR count). The monoisotopic (exact) mass is 456 g/mol. The van der Waals surface area contributed by atoms with Crippen LogP contribution >= 0.6 is 22.9 Å². The van der Waals surface area contributed by atoms with Crippen molar-refractivity contribution in [3.8, 4) is 11.4 Å². The molecule has 0 aliphatic rings. The predicted octanol–water partition coefficient (Wildman–Crippen LogP) is 4.06. The van der Waals surface area contributed by atoms with Gasteiger partial charge in [-0.05, 0) is 48.7 Å². The Hall–Kier alpha value is -2.34. The zero-order chi connectivity index (χ0) is 22.4. The molecule has 1 unspecified atom stereocenters. The van der Waals surface area contributed by atoms with Crippen LogP contribution in [0.5, 0.6) is 5.75 Å².